The first kappa shape index (κ1) is 30.7. The lowest BCUT2D eigenvalue weighted by Gasteiger charge is -2.29. The second-order valence-corrected chi connectivity index (χ2v) is 13.6. The zero-order valence-electron chi connectivity index (χ0n) is 26.7. The monoisotopic (exact) mass is 628 g/mol. The van der Waals surface area contributed by atoms with E-state index in [2.05, 4.69) is 94.6 Å². The van der Waals surface area contributed by atoms with Gasteiger partial charge in [-0.15, -0.1) is 6.58 Å². The lowest BCUT2D eigenvalue weighted by Crippen LogP contribution is -2.24. The molecule has 0 spiro atoms. The highest BCUT2D eigenvalue weighted by Gasteiger charge is 2.43. The number of halogens is 3. The first-order chi connectivity index (χ1) is 22.4. The zero-order valence-corrected chi connectivity index (χ0v) is 26.7. The first-order valence-corrected chi connectivity index (χ1v) is 15.9. The normalized spacial score (nSPS) is 16.0. The molecule has 0 aliphatic heterocycles. The van der Waals surface area contributed by atoms with E-state index in [1.54, 1.807) is 12.1 Å². The number of ether oxygens (including phenoxy) is 1. The van der Waals surface area contributed by atoms with Gasteiger partial charge in [-0.25, -0.2) is 4.79 Å². The third-order valence-corrected chi connectivity index (χ3v) is 9.87. The number of allylic oxidation sites excluding steroid dienone is 1. The van der Waals surface area contributed by atoms with Crippen LogP contribution >= 0.6 is 0 Å². The molecular formula is C42H35F3O2. The highest BCUT2D eigenvalue weighted by molar-refractivity contribution is 6.25. The van der Waals surface area contributed by atoms with Crippen molar-refractivity contribution in [3.05, 3.63) is 132 Å². The van der Waals surface area contributed by atoms with Crippen LogP contribution in [0.5, 0.6) is 0 Å². The minimum absolute atomic E-state index is 0.0173. The summed E-state index contributed by atoms with van der Waals surface area (Å²) in [6.07, 6.45) is -0.781. The van der Waals surface area contributed by atoms with Gasteiger partial charge in [-0.3, -0.25) is 0 Å². The molecule has 1 unspecified atom stereocenters. The van der Waals surface area contributed by atoms with Crippen molar-refractivity contribution in [2.45, 2.75) is 50.6 Å². The summed E-state index contributed by atoms with van der Waals surface area (Å²) in [6.45, 7) is 14.4. The number of rotatable bonds is 7. The van der Waals surface area contributed by atoms with E-state index in [0.717, 1.165) is 50.7 Å². The van der Waals surface area contributed by atoms with Crippen LogP contribution in [0.25, 0.3) is 54.6 Å². The maximum atomic E-state index is 14.0. The van der Waals surface area contributed by atoms with Gasteiger partial charge in [-0.05, 0) is 108 Å². The molecule has 236 valence electrons. The predicted molar refractivity (Wildman–Crippen MR) is 186 cm³/mol. The van der Waals surface area contributed by atoms with Gasteiger partial charge in [-0.1, -0.05) is 100 Å². The third kappa shape index (κ3) is 4.91. The molecule has 1 atom stereocenters. The van der Waals surface area contributed by atoms with Crippen LogP contribution in [0.1, 0.15) is 55.9 Å². The van der Waals surface area contributed by atoms with Gasteiger partial charge in [0, 0.05) is 11.5 Å². The second kappa shape index (κ2) is 10.8. The molecular weight excluding hydrogens is 593 g/mol. The van der Waals surface area contributed by atoms with Crippen LogP contribution < -0.4 is 0 Å². The Bertz CT molecular complexity index is 2220. The minimum atomic E-state index is -4.49. The molecule has 47 heavy (non-hydrogen) atoms. The number of esters is 1. The molecule has 6 aromatic rings. The molecule has 2 nitrogen and oxygen atoms in total. The van der Waals surface area contributed by atoms with Gasteiger partial charge in [-0.2, -0.15) is 13.2 Å². The van der Waals surface area contributed by atoms with Crippen LogP contribution in [0.4, 0.5) is 13.2 Å². The summed E-state index contributed by atoms with van der Waals surface area (Å²) in [5, 5.41) is 7.13. The van der Waals surface area contributed by atoms with Crippen molar-refractivity contribution in [1.82, 2.24) is 0 Å². The molecule has 7 rings (SSSR count). The maximum absolute atomic E-state index is 14.0. The molecule has 6 aromatic carbocycles. The topological polar surface area (TPSA) is 26.3 Å². The van der Waals surface area contributed by atoms with Crippen LogP contribution in [0, 0.1) is 0 Å². The first-order valence-electron chi connectivity index (χ1n) is 15.9. The van der Waals surface area contributed by atoms with Crippen LogP contribution in [0.3, 0.4) is 0 Å². The highest BCUT2D eigenvalue weighted by Crippen LogP contribution is 2.54. The molecule has 0 bridgehead atoms. The summed E-state index contributed by atoms with van der Waals surface area (Å²) in [6, 6.07) is 27.8. The molecule has 0 N–H and O–H groups in total. The predicted octanol–water partition coefficient (Wildman–Crippen LogP) is 11.5. The van der Waals surface area contributed by atoms with E-state index in [4.69, 9.17) is 4.74 Å². The molecule has 1 aliphatic rings. The smallest absolute Gasteiger partial charge is 0.416 e. The molecule has 0 aromatic heterocycles. The zero-order chi connectivity index (χ0) is 33.3. The van der Waals surface area contributed by atoms with E-state index in [1.807, 2.05) is 6.07 Å². The Kier molecular flexibility index (Phi) is 7.09. The van der Waals surface area contributed by atoms with Gasteiger partial charge in [0.25, 0.3) is 0 Å². The van der Waals surface area contributed by atoms with Gasteiger partial charge < -0.3 is 4.74 Å². The largest absolute Gasteiger partial charge is 0.463 e. The number of benzene rings is 6. The Morgan fingerprint density at radius 2 is 1.36 bits per heavy atom. The Morgan fingerprint density at radius 1 is 0.745 bits per heavy atom. The van der Waals surface area contributed by atoms with Crippen molar-refractivity contribution in [2.75, 3.05) is 6.61 Å². The lowest BCUT2D eigenvalue weighted by molar-refractivity contribution is -0.138. The fourth-order valence-electron chi connectivity index (χ4n) is 7.46. The molecule has 1 aliphatic carbocycles. The summed E-state index contributed by atoms with van der Waals surface area (Å²) < 4.78 is 47.2. The number of hydrogen-bond donors (Lipinski definition) is 0. The van der Waals surface area contributed by atoms with Gasteiger partial charge in [0.2, 0.25) is 0 Å². The van der Waals surface area contributed by atoms with Gasteiger partial charge in [0.1, 0.15) is 0 Å². The van der Waals surface area contributed by atoms with Crippen molar-refractivity contribution in [2.24, 2.45) is 0 Å². The van der Waals surface area contributed by atoms with E-state index < -0.39 is 23.1 Å². The number of carbonyl (C=O) groups excluding carboxylic acids is 1. The van der Waals surface area contributed by atoms with Crippen molar-refractivity contribution >= 4 is 38.3 Å². The van der Waals surface area contributed by atoms with E-state index in [9.17, 15) is 18.0 Å². The van der Waals surface area contributed by atoms with Crippen molar-refractivity contribution < 1.29 is 22.7 Å². The van der Waals surface area contributed by atoms with Crippen LogP contribution in [-0.2, 0) is 26.5 Å². The van der Waals surface area contributed by atoms with E-state index in [-0.39, 0.29) is 12.0 Å². The van der Waals surface area contributed by atoms with E-state index in [1.165, 1.54) is 33.2 Å². The molecule has 0 saturated carbocycles. The number of alkyl halides is 3. The number of fused-ring (bicyclic) bond motifs is 3. The molecule has 0 radical (unpaired) electrons. The quantitative estimate of drug-likeness (QED) is 0.0578. The van der Waals surface area contributed by atoms with Crippen LogP contribution in [0.15, 0.2) is 110 Å². The Balaban J connectivity index is 1.40. The van der Waals surface area contributed by atoms with Crippen molar-refractivity contribution in [3.8, 4) is 22.3 Å². The highest BCUT2D eigenvalue weighted by atomic mass is 19.4. The standard InChI is InChI=1S/C42H35F3O2/c1-6-37(46)47-20-8-19-41(7-2)35-23-26(12-16-32(35)33-18-14-29(24-36(33)41)42(43,44)45)31-15-11-25-9-10-27-21-30(40(3,4)5)22-28-13-17-34(31)39(25)38(27)28/h6-7,9-18,21-24H,1-2,8,19-20H2,3-5H3. The summed E-state index contributed by atoms with van der Waals surface area (Å²) >= 11 is 0. The summed E-state index contributed by atoms with van der Waals surface area (Å²) in [5.41, 5.74) is 4.83. The average molecular weight is 629 g/mol. The number of carbonyl (C=O) groups is 1. The molecule has 0 saturated heterocycles. The molecule has 0 fully saturated rings. The third-order valence-electron chi connectivity index (χ3n) is 9.87. The molecule has 0 amide bonds. The van der Waals surface area contributed by atoms with E-state index in [0.29, 0.717) is 18.4 Å². The van der Waals surface area contributed by atoms with Crippen LogP contribution in [-0.4, -0.2) is 12.6 Å². The van der Waals surface area contributed by atoms with Gasteiger partial charge in [0.15, 0.2) is 0 Å². The van der Waals surface area contributed by atoms with E-state index >= 15 is 0 Å². The Hall–Kier alpha value is -4.90. The second-order valence-electron chi connectivity index (χ2n) is 13.6. The maximum Gasteiger partial charge on any atom is 0.416 e. The Labute approximate surface area is 272 Å². The summed E-state index contributed by atoms with van der Waals surface area (Å²) in [4.78, 5) is 11.7. The molecule has 0 heterocycles. The van der Waals surface area contributed by atoms with Crippen LogP contribution in [0.2, 0.25) is 0 Å². The van der Waals surface area contributed by atoms with Gasteiger partial charge >= 0.3 is 12.1 Å². The van der Waals surface area contributed by atoms with Gasteiger partial charge in [0.05, 0.1) is 12.2 Å². The van der Waals surface area contributed by atoms with Crippen molar-refractivity contribution in [3.63, 3.8) is 0 Å². The number of hydrogen-bond acceptors (Lipinski definition) is 2. The average Bonchev–Trinajstić information content (AvgIpc) is 3.32. The van der Waals surface area contributed by atoms with Crippen molar-refractivity contribution in [1.29, 1.82) is 0 Å². The fourth-order valence-corrected chi connectivity index (χ4v) is 7.46. The minimum Gasteiger partial charge on any atom is -0.463 e. The lowest BCUT2D eigenvalue weighted by atomic mass is 9.74. The Morgan fingerprint density at radius 3 is 2.02 bits per heavy atom. The summed E-state index contributed by atoms with van der Waals surface area (Å²) in [7, 11) is 0. The summed E-state index contributed by atoms with van der Waals surface area (Å²) in [5.74, 6) is -0.532. The SMILES string of the molecule is C=CC(=O)OCCCC1(C=C)c2cc(-c3ccc4ccc5cc(C(C)(C)C)cc6ccc3c4c56)ccc2-c2ccc(C(F)(F)F)cc21. The molecule has 5 heteroatoms. The fraction of sp³-hybridized carbons (Fsp3) is 0.214.